The van der Waals surface area contributed by atoms with Crippen molar-refractivity contribution in [1.29, 1.82) is 0 Å². The number of ether oxygens (including phenoxy) is 2. The lowest BCUT2D eigenvalue weighted by molar-refractivity contribution is 0.0479. The highest BCUT2D eigenvalue weighted by Crippen LogP contribution is 2.27. The molecule has 0 aromatic carbocycles. The Hall–Kier alpha value is -3.16. The van der Waals surface area contributed by atoms with Crippen LogP contribution in [0.15, 0.2) is 30.6 Å². The molecule has 2 heterocycles. The third kappa shape index (κ3) is 5.43. The number of rotatable bonds is 2. The standard InChI is InChI=1S/C14H17NO5.C7H10N2/c1-14(2,3)20-13(18)15-9-5-6-11(16)8(9)7-10(15)12(17)19-4;1-9(2)7-3-5-8-6-4-7/h7H,5-6H2,1-4H3;3-6H,1-2H3. The summed E-state index contributed by atoms with van der Waals surface area (Å²) < 4.78 is 11.1. The summed E-state index contributed by atoms with van der Waals surface area (Å²) in [5.74, 6) is -0.745. The van der Waals surface area contributed by atoms with Gasteiger partial charge in [0.1, 0.15) is 11.3 Å². The number of nitrogens with zero attached hydrogens (tertiary/aromatic N) is 3. The first-order valence-corrected chi connectivity index (χ1v) is 9.22. The normalized spacial score (nSPS) is 12.6. The van der Waals surface area contributed by atoms with Crippen LogP contribution in [-0.4, -0.2) is 54.2 Å². The Labute approximate surface area is 170 Å². The van der Waals surface area contributed by atoms with Crippen LogP contribution >= 0.6 is 0 Å². The molecular formula is C21H27N3O5. The molecule has 0 atom stereocenters. The SMILES string of the molecule is CN(C)c1ccncc1.COC(=O)c1cc2c(n1C(=O)OC(C)(C)C)CCC2=O. The Kier molecular flexibility index (Phi) is 6.79. The summed E-state index contributed by atoms with van der Waals surface area (Å²) in [6, 6.07) is 5.35. The highest BCUT2D eigenvalue weighted by atomic mass is 16.6. The van der Waals surface area contributed by atoms with Crippen molar-refractivity contribution in [3.05, 3.63) is 47.5 Å². The molecule has 3 rings (SSSR count). The van der Waals surface area contributed by atoms with Crippen molar-refractivity contribution in [2.75, 3.05) is 26.1 Å². The maximum Gasteiger partial charge on any atom is 0.419 e. The topological polar surface area (TPSA) is 90.7 Å². The fourth-order valence-corrected chi connectivity index (χ4v) is 2.82. The lowest BCUT2D eigenvalue weighted by atomic mass is 10.2. The first-order valence-electron chi connectivity index (χ1n) is 9.22. The number of hydrogen-bond acceptors (Lipinski definition) is 7. The Morgan fingerprint density at radius 1 is 1.14 bits per heavy atom. The molecule has 0 aliphatic heterocycles. The van der Waals surface area contributed by atoms with Gasteiger partial charge in [-0.15, -0.1) is 0 Å². The zero-order valence-corrected chi connectivity index (χ0v) is 17.7. The van der Waals surface area contributed by atoms with E-state index in [2.05, 4.69) is 9.72 Å². The van der Waals surface area contributed by atoms with Crippen molar-refractivity contribution in [2.24, 2.45) is 0 Å². The van der Waals surface area contributed by atoms with Gasteiger partial charge in [0.2, 0.25) is 0 Å². The molecule has 0 fully saturated rings. The minimum atomic E-state index is -0.690. The summed E-state index contributed by atoms with van der Waals surface area (Å²) in [6.07, 6.45) is 3.66. The van der Waals surface area contributed by atoms with Crippen LogP contribution in [0.2, 0.25) is 0 Å². The Bertz CT molecular complexity index is 895. The fourth-order valence-electron chi connectivity index (χ4n) is 2.82. The molecule has 0 amide bonds. The highest BCUT2D eigenvalue weighted by Gasteiger charge is 2.33. The van der Waals surface area contributed by atoms with Gasteiger partial charge in [0.15, 0.2) is 5.78 Å². The largest absolute Gasteiger partial charge is 0.464 e. The van der Waals surface area contributed by atoms with E-state index in [0.717, 1.165) is 4.57 Å². The first-order chi connectivity index (χ1) is 13.5. The quantitative estimate of drug-likeness (QED) is 0.713. The number of carbonyl (C=O) groups excluding carboxylic acids is 3. The van der Waals surface area contributed by atoms with Gasteiger partial charge < -0.3 is 14.4 Å². The van der Waals surface area contributed by atoms with E-state index in [0.29, 0.717) is 24.1 Å². The van der Waals surface area contributed by atoms with Crippen LogP contribution in [0.5, 0.6) is 0 Å². The smallest absolute Gasteiger partial charge is 0.419 e. The van der Waals surface area contributed by atoms with Crippen LogP contribution in [-0.2, 0) is 15.9 Å². The van der Waals surface area contributed by atoms with Crippen LogP contribution in [0, 0.1) is 0 Å². The van der Waals surface area contributed by atoms with Crippen LogP contribution in [0.4, 0.5) is 10.5 Å². The van der Waals surface area contributed by atoms with E-state index in [-0.39, 0.29) is 11.5 Å². The van der Waals surface area contributed by atoms with Gasteiger partial charge in [-0.2, -0.15) is 0 Å². The van der Waals surface area contributed by atoms with Crippen LogP contribution in [0.1, 0.15) is 53.7 Å². The fraction of sp³-hybridized carbons (Fsp3) is 0.429. The third-order valence-corrected chi connectivity index (χ3v) is 4.14. The number of anilines is 1. The number of fused-ring (bicyclic) bond motifs is 1. The Morgan fingerprint density at radius 3 is 2.24 bits per heavy atom. The van der Waals surface area contributed by atoms with Gasteiger partial charge in [0.05, 0.1) is 7.11 Å². The summed E-state index contributed by atoms with van der Waals surface area (Å²) >= 11 is 0. The molecule has 0 unspecified atom stereocenters. The van der Waals surface area contributed by atoms with Gasteiger partial charge in [-0.25, -0.2) is 14.2 Å². The number of hydrogen-bond donors (Lipinski definition) is 0. The van der Waals surface area contributed by atoms with Gasteiger partial charge in [-0.3, -0.25) is 9.78 Å². The van der Waals surface area contributed by atoms with Crippen LogP contribution in [0.25, 0.3) is 0 Å². The van der Waals surface area contributed by atoms with Crippen LogP contribution < -0.4 is 4.90 Å². The lowest BCUT2D eigenvalue weighted by Crippen LogP contribution is -2.30. The van der Waals surface area contributed by atoms with Crippen molar-refractivity contribution in [2.45, 2.75) is 39.2 Å². The van der Waals surface area contributed by atoms with E-state index in [1.807, 2.05) is 31.1 Å². The first kappa shape index (κ1) is 22.1. The Balaban J connectivity index is 0.000000278. The van der Waals surface area contributed by atoms with Crippen molar-refractivity contribution >= 4 is 23.5 Å². The van der Waals surface area contributed by atoms with Crippen molar-refractivity contribution < 1.29 is 23.9 Å². The van der Waals surface area contributed by atoms with Crippen molar-refractivity contribution in [3.63, 3.8) is 0 Å². The molecular weight excluding hydrogens is 374 g/mol. The molecule has 0 radical (unpaired) electrons. The average molecular weight is 401 g/mol. The molecule has 156 valence electrons. The number of esters is 1. The monoisotopic (exact) mass is 401 g/mol. The van der Waals surface area contributed by atoms with Crippen molar-refractivity contribution in [3.8, 4) is 0 Å². The molecule has 0 N–H and O–H groups in total. The predicted octanol–water partition coefficient (Wildman–Crippen LogP) is 3.33. The Morgan fingerprint density at radius 2 is 1.76 bits per heavy atom. The van der Waals surface area contributed by atoms with Gasteiger partial charge in [0.25, 0.3) is 0 Å². The maximum absolute atomic E-state index is 12.3. The van der Waals surface area contributed by atoms with E-state index in [1.54, 1.807) is 33.2 Å². The molecule has 0 bridgehead atoms. The minimum absolute atomic E-state index is 0.0276. The summed E-state index contributed by atoms with van der Waals surface area (Å²) in [5.41, 5.74) is 1.44. The number of methoxy groups -OCH3 is 1. The molecule has 2 aromatic rings. The van der Waals surface area contributed by atoms with E-state index in [9.17, 15) is 14.4 Å². The molecule has 1 aliphatic rings. The maximum atomic E-state index is 12.3. The summed E-state index contributed by atoms with van der Waals surface area (Å²) in [5, 5.41) is 0. The zero-order chi connectivity index (χ0) is 21.8. The second-order valence-electron chi connectivity index (χ2n) is 7.72. The molecule has 2 aromatic heterocycles. The molecule has 0 spiro atoms. The van der Waals surface area contributed by atoms with Crippen molar-refractivity contribution in [1.82, 2.24) is 9.55 Å². The van der Waals surface area contributed by atoms with E-state index >= 15 is 0 Å². The predicted molar refractivity (Wildman–Crippen MR) is 109 cm³/mol. The molecule has 8 nitrogen and oxygen atoms in total. The van der Waals surface area contributed by atoms with Gasteiger partial charge in [-0.05, 0) is 45.4 Å². The number of ketones is 1. The summed E-state index contributed by atoms with van der Waals surface area (Å²) in [7, 11) is 5.24. The summed E-state index contributed by atoms with van der Waals surface area (Å²) in [4.78, 5) is 41.7. The zero-order valence-electron chi connectivity index (χ0n) is 17.7. The van der Waals surface area contributed by atoms with E-state index in [4.69, 9.17) is 4.74 Å². The molecule has 0 saturated heterocycles. The molecule has 29 heavy (non-hydrogen) atoms. The minimum Gasteiger partial charge on any atom is -0.464 e. The highest BCUT2D eigenvalue weighted by molar-refractivity contribution is 6.04. The van der Waals surface area contributed by atoms with Gasteiger partial charge >= 0.3 is 12.1 Å². The number of aromatic nitrogens is 2. The third-order valence-electron chi connectivity index (χ3n) is 4.14. The molecule has 1 aliphatic carbocycles. The van der Waals surface area contributed by atoms with E-state index < -0.39 is 17.7 Å². The summed E-state index contributed by atoms with van der Waals surface area (Å²) in [6.45, 7) is 5.20. The second-order valence-corrected chi connectivity index (χ2v) is 7.72. The average Bonchev–Trinajstić information content (AvgIpc) is 3.21. The van der Waals surface area contributed by atoms with Crippen LogP contribution in [0.3, 0.4) is 0 Å². The molecule has 0 saturated carbocycles. The van der Waals surface area contributed by atoms with Gasteiger partial charge in [0, 0.05) is 49.9 Å². The van der Waals surface area contributed by atoms with E-state index in [1.165, 1.54) is 18.9 Å². The lowest BCUT2D eigenvalue weighted by Gasteiger charge is -2.21. The molecule has 8 heteroatoms. The number of Topliss-reactive ketones (excluding diaryl/α,β-unsaturated/α-hetero) is 1. The number of pyridine rings is 1. The second kappa shape index (κ2) is 8.89. The number of carbonyl (C=O) groups is 3. The van der Waals surface area contributed by atoms with Gasteiger partial charge in [-0.1, -0.05) is 0 Å².